The molecule has 0 N–H and O–H groups in total. The highest BCUT2D eigenvalue weighted by Gasteiger charge is 2.01. The summed E-state index contributed by atoms with van der Waals surface area (Å²) in [7, 11) is 0. The predicted octanol–water partition coefficient (Wildman–Crippen LogP) is 4.02. The van der Waals surface area contributed by atoms with E-state index in [-0.39, 0.29) is 0 Å². The van der Waals surface area contributed by atoms with Gasteiger partial charge in [-0.25, -0.2) is 0 Å². The van der Waals surface area contributed by atoms with E-state index >= 15 is 0 Å². The third-order valence-corrected chi connectivity index (χ3v) is 2.76. The summed E-state index contributed by atoms with van der Waals surface area (Å²) >= 11 is 5.93. The zero-order valence-corrected chi connectivity index (χ0v) is 9.55. The molecular formula is C13H12ClN. The smallest absolute Gasteiger partial charge is 0.0716 e. The van der Waals surface area contributed by atoms with E-state index in [1.807, 2.05) is 6.07 Å². The number of hydrogen-bond acceptors (Lipinski definition) is 1. The molecule has 76 valence electrons. The minimum atomic E-state index is 0.721. The number of halogens is 1. The van der Waals surface area contributed by atoms with E-state index in [9.17, 15) is 0 Å². The molecule has 2 aromatic rings. The Bertz CT molecular complexity index is 492. The van der Waals surface area contributed by atoms with E-state index in [1.165, 1.54) is 11.1 Å². The van der Waals surface area contributed by atoms with Crippen LogP contribution in [0.1, 0.15) is 11.1 Å². The van der Waals surface area contributed by atoms with Crippen LogP contribution < -0.4 is 0 Å². The van der Waals surface area contributed by atoms with Crippen LogP contribution in [0.25, 0.3) is 11.3 Å². The van der Waals surface area contributed by atoms with Gasteiger partial charge in [-0.2, -0.15) is 0 Å². The second-order valence-corrected chi connectivity index (χ2v) is 4.09. The SMILES string of the molecule is Cc1ccc(-c2cc(Cl)ccn2)cc1C. The number of hydrogen-bond donors (Lipinski definition) is 0. The van der Waals surface area contributed by atoms with Gasteiger partial charge in [0.25, 0.3) is 0 Å². The van der Waals surface area contributed by atoms with Crippen molar-refractivity contribution in [3.8, 4) is 11.3 Å². The number of rotatable bonds is 1. The van der Waals surface area contributed by atoms with E-state index in [4.69, 9.17) is 11.6 Å². The predicted molar refractivity (Wildman–Crippen MR) is 64.2 cm³/mol. The van der Waals surface area contributed by atoms with Crippen molar-refractivity contribution in [1.82, 2.24) is 4.98 Å². The Morgan fingerprint density at radius 3 is 2.47 bits per heavy atom. The molecule has 0 amide bonds. The molecular weight excluding hydrogens is 206 g/mol. The maximum Gasteiger partial charge on any atom is 0.0716 e. The first-order valence-electron chi connectivity index (χ1n) is 4.86. The van der Waals surface area contributed by atoms with Crippen LogP contribution in [0.4, 0.5) is 0 Å². The third-order valence-electron chi connectivity index (χ3n) is 2.52. The summed E-state index contributed by atoms with van der Waals surface area (Å²) in [6, 6.07) is 9.97. The summed E-state index contributed by atoms with van der Waals surface area (Å²) in [4.78, 5) is 4.30. The maximum absolute atomic E-state index is 5.93. The van der Waals surface area contributed by atoms with Crippen molar-refractivity contribution in [3.05, 3.63) is 52.7 Å². The molecule has 15 heavy (non-hydrogen) atoms. The molecule has 0 saturated carbocycles. The minimum Gasteiger partial charge on any atom is -0.256 e. The monoisotopic (exact) mass is 217 g/mol. The number of aryl methyl sites for hydroxylation is 2. The first-order valence-corrected chi connectivity index (χ1v) is 5.24. The molecule has 0 radical (unpaired) electrons. The second kappa shape index (κ2) is 4.03. The molecule has 0 unspecified atom stereocenters. The molecule has 0 aliphatic rings. The van der Waals surface area contributed by atoms with Crippen molar-refractivity contribution in [3.63, 3.8) is 0 Å². The zero-order valence-electron chi connectivity index (χ0n) is 8.79. The molecule has 1 aromatic carbocycles. The van der Waals surface area contributed by atoms with Gasteiger partial charge < -0.3 is 0 Å². The minimum absolute atomic E-state index is 0.721. The molecule has 0 aliphatic carbocycles. The number of benzene rings is 1. The van der Waals surface area contributed by atoms with E-state index in [0.29, 0.717) is 0 Å². The van der Waals surface area contributed by atoms with Gasteiger partial charge in [0.1, 0.15) is 0 Å². The van der Waals surface area contributed by atoms with Gasteiger partial charge in [0, 0.05) is 16.8 Å². The fourth-order valence-electron chi connectivity index (χ4n) is 1.46. The normalized spacial score (nSPS) is 10.3. The molecule has 0 saturated heterocycles. The Balaban J connectivity index is 2.50. The number of pyridine rings is 1. The highest BCUT2D eigenvalue weighted by Crippen LogP contribution is 2.22. The number of nitrogens with zero attached hydrogens (tertiary/aromatic N) is 1. The number of aromatic nitrogens is 1. The average Bonchev–Trinajstić information content (AvgIpc) is 2.22. The van der Waals surface area contributed by atoms with Crippen molar-refractivity contribution in [2.75, 3.05) is 0 Å². The van der Waals surface area contributed by atoms with Gasteiger partial charge in [0.2, 0.25) is 0 Å². The van der Waals surface area contributed by atoms with Gasteiger partial charge in [-0.05, 0) is 43.2 Å². The molecule has 1 aromatic heterocycles. The lowest BCUT2D eigenvalue weighted by Crippen LogP contribution is -1.86. The van der Waals surface area contributed by atoms with Gasteiger partial charge in [-0.15, -0.1) is 0 Å². The van der Waals surface area contributed by atoms with E-state index in [2.05, 4.69) is 37.0 Å². The molecule has 2 heteroatoms. The molecule has 0 fully saturated rings. The highest BCUT2D eigenvalue weighted by atomic mass is 35.5. The molecule has 0 atom stereocenters. The Kier molecular flexibility index (Phi) is 2.74. The molecule has 1 heterocycles. The van der Waals surface area contributed by atoms with Gasteiger partial charge in [0.05, 0.1) is 5.69 Å². The molecule has 0 aliphatic heterocycles. The molecule has 2 rings (SSSR count). The highest BCUT2D eigenvalue weighted by molar-refractivity contribution is 6.30. The second-order valence-electron chi connectivity index (χ2n) is 3.66. The van der Waals surface area contributed by atoms with Crippen LogP contribution in [-0.2, 0) is 0 Å². The molecule has 0 bridgehead atoms. The molecule has 1 nitrogen and oxygen atoms in total. The summed E-state index contributed by atoms with van der Waals surface area (Å²) in [6.07, 6.45) is 1.73. The van der Waals surface area contributed by atoms with Gasteiger partial charge in [-0.3, -0.25) is 4.98 Å². The van der Waals surface area contributed by atoms with E-state index < -0.39 is 0 Å². The zero-order chi connectivity index (χ0) is 10.8. The summed E-state index contributed by atoms with van der Waals surface area (Å²) in [5.41, 5.74) is 4.60. The summed E-state index contributed by atoms with van der Waals surface area (Å²) < 4.78 is 0. The fourth-order valence-corrected chi connectivity index (χ4v) is 1.62. The first-order chi connectivity index (χ1) is 7.16. The third kappa shape index (κ3) is 2.18. The quantitative estimate of drug-likeness (QED) is 0.703. The van der Waals surface area contributed by atoms with Gasteiger partial charge in [-0.1, -0.05) is 23.7 Å². The maximum atomic E-state index is 5.93. The standard InChI is InChI=1S/C13H12ClN/c1-9-3-4-11(7-10(9)2)13-8-12(14)5-6-15-13/h3-8H,1-2H3. The first kappa shape index (κ1) is 10.2. The van der Waals surface area contributed by atoms with Crippen molar-refractivity contribution < 1.29 is 0 Å². The van der Waals surface area contributed by atoms with Crippen molar-refractivity contribution >= 4 is 11.6 Å². The van der Waals surface area contributed by atoms with Crippen molar-refractivity contribution in [1.29, 1.82) is 0 Å². The topological polar surface area (TPSA) is 12.9 Å². The Labute approximate surface area is 94.7 Å². The van der Waals surface area contributed by atoms with Crippen LogP contribution in [0.15, 0.2) is 36.5 Å². The summed E-state index contributed by atoms with van der Waals surface area (Å²) in [5.74, 6) is 0. The lowest BCUT2D eigenvalue weighted by molar-refractivity contribution is 1.29. The lowest BCUT2D eigenvalue weighted by Gasteiger charge is -2.04. The van der Waals surface area contributed by atoms with Gasteiger partial charge >= 0.3 is 0 Å². The largest absolute Gasteiger partial charge is 0.256 e. The van der Waals surface area contributed by atoms with Crippen LogP contribution in [0.3, 0.4) is 0 Å². The van der Waals surface area contributed by atoms with E-state index in [0.717, 1.165) is 16.3 Å². The summed E-state index contributed by atoms with van der Waals surface area (Å²) in [6.45, 7) is 4.20. The van der Waals surface area contributed by atoms with Crippen LogP contribution in [-0.4, -0.2) is 4.98 Å². The Hall–Kier alpha value is -1.34. The summed E-state index contributed by atoms with van der Waals surface area (Å²) in [5, 5.41) is 0.721. The van der Waals surface area contributed by atoms with Crippen molar-refractivity contribution in [2.24, 2.45) is 0 Å². The van der Waals surface area contributed by atoms with Crippen LogP contribution in [0.5, 0.6) is 0 Å². The van der Waals surface area contributed by atoms with Crippen LogP contribution >= 0.6 is 11.6 Å². The van der Waals surface area contributed by atoms with Crippen LogP contribution in [0, 0.1) is 13.8 Å². The Morgan fingerprint density at radius 2 is 1.80 bits per heavy atom. The lowest BCUT2D eigenvalue weighted by atomic mass is 10.0. The van der Waals surface area contributed by atoms with Gasteiger partial charge in [0.15, 0.2) is 0 Å². The molecule has 0 spiro atoms. The Morgan fingerprint density at radius 1 is 1.00 bits per heavy atom. The fraction of sp³-hybridized carbons (Fsp3) is 0.154. The van der Waals surface area contributed by atoms with Crippen molar-refractivity contribution in [2.45, 2.75) is 13.8 Å². The average molecular weight is 218 g/mol. The van der Waals surface area contributed by atoms with Crippen LogP contribution in [0.2, 0.25) is 5.02 Å². The van der Waals surface area contributed by atoms with E-state index in [1.54, 1.807) is 12.3 Å².